The molecular weight excluding hydrogens is 252 g/mol. The average molecular weight is 278 g/mol. The van der Waals surface area contributed by atoms with Gasteiger partial charge in [-0.1, -0.05) is 31.5 Å². The van der Waals surface area contributed by atoms with Crippen LogP contribution in [0.3, 0.4) is 0 Å². The summed E-state index contributed by atoms with van der Waals surface area (Å²) in [5.74, 6) is 3.18. The van der Waals surface area contributed by atoms with Gasteiger partial charge in [-0.05, 0) is 55.8 Å². The van der Waals surface area contributed by atoms with Crippen LogP contribution in [-0.4, -0.2) is 23.0 Å². The molecule has 0 amide bonds. The normalized spacial score (nSPS) is 42.6. The largest absolute Gasteiger partial charge is 0.359 e. The van der Waals surface area contributed by atoms with Gasteiger partial charge in [0.2, 0.25) is 0 Å². The minimum Gasteiger partial charge on any atom is -0.359 e. The molecule has 0 aromatic rings. The highest BCUT2D eigenvalue weighted by Crippen LogP contribution is 2.61. The number of hydrogen-bond acceptors (Lipinski definition) is 2. The molecule has 1 heterocycles. The molecule has 3 saturated carbocycles. The smallest absolute Gasteiger partial charge is 0.157 e. The van der Waals surface area contributed by atoms with Crippen LogP contribution >= 0.6 is 11.8 Å². The Morgan fingerprint density at radius 1 is 1.26 bits per heavy atom. The van der Waals surface area contributed by atoms with Crippen molar-refractivity contribution < 1.29 is 0 Å². The highest BCUT2D eigenvalue weighted by molar-refractivity contribution is 8.14. The van der Waals surface area contributed by atoms with Crippen LogP contribution in [0.4, 0.5) is 0 Å². The van der Waals surface area contributed by atoms with Gasteiger partial charge in [0, 0.05) is 17.8 Å². The minimum absolute atomic E-state index is 0.400. The first-order valence-corrected chi connectivity index (χ1v) is 9.14. The predicted molar refractivity (Wildman–Crippen MR) is 82.6 cm³/mol. The van der Waals surface area contributed by atoms with E-state index in [2.05, 4.69) is 12.2 Å². The van der Waals surface area contributed by atoms with Crippen LogP contribution in [-0.2, 0) is 0 Å². The Morgan fingerprint density at radius 3 is 2.79 bits per heavy atom. The summed E-state index contributed by atoms with van der Waals surface area (Å²) in [6.45, 7) is 3.52. The molecule has 1 saturated heterocycles. The van der Waals surface area contributed by atoms with E-state index in [-0.39, 0.29) is 0 Å². The van der Waals surface area contributed by atoms with Crippen LogP contribution in [0, 0.1) is 17.3 Å². The third-order valence-electron chi connectivity index (χ3n) is 5.82. The summed E-state index contributed by atoms with van der Waals surface area (Å²) in [5.41, 5.74) is 1.06. The first-order valence-electron chi connectivity index (χ1n) is 8.15. The maximum atomic E-state index is 4.96. The summed E-state index contributed by atoms with van der Waals surface area (Å²) < 4.78 is 0. The van der Waals surface area contributed by atoms with E-state index in [1.807, 2.05) is 11.8 Å². The van der Waals surface area contributed by atoms with Crippen LogP contribution in [0.2, 0.25) is 0 Å². The summed E-state index contributed by atoms with van der Waals surface area (Å²) in [5, 5.41) is 5.07. The maximum absolute atomic E-state index is 4.96. The molecule has 0 aromatic carbocycles. The number of thioether (sulfide) groups is 1. The lowest BCUT2D eigenvalue weighted by Crippen LogP contribution is -2.47. The van der Waals surface area contributed by atoms with E-state index in [0.717, 1.165) is 18.4 Å². The van der Waals surface area contributed by atoms with Gasteiger partial charge in [0.1, 0.15) is 0 Å². The number of aliphatic imine (C=N–C) groups is 1. The van der Waals surface area contributed by atoms with Gasteiger partial charge in [0.25, 0.3) is 0 Å². The van der Waals surface area contributed by atoms with Crippen molar-refractivity contribution in [2.45, 2.75) is 63.8 Å². The summed E-state index contributed by atoms with van der Waals surface area (Å²) in [6, 6.07) is 0. The zero-order valence-electron chi connectivity index (χ0n) is 12.1. The van der Waals surface area contributed by atoms with E-state index in [1.54, 1.807) is 0 Å². The van der Waals surface area contributed by atoms with E-state index in [0.29, 0.717) is 11.0 Å². The van der Waals surface area contributed by atoms with E-state index < -0.39 is 0 Å². The van der Waals surface area contributed by atoms with Crippen molar-refractivity contribution in [3.05, 3.63) is 0 Å². The molecule has 1 spiro atoms. The fourth-order valence-corrected chi connectivity index (χ4v) is 5.47. The van der Waals surface area contributed by atoms with Gasteiger partial charge in [0.05, 0.1) is 0 Å². The Hall–Kier alpha value is -0.180. The molecule has 3 aliphatic carbocycles. The second-order valence-corrected chi connectivity index (χ2v) is 8.62. The fraction of sp³-hybridized carbons (Fsp3) is 0.938. The Morgan fingerprint density at radius 2 is 2.11 bits per heavy atom. The Bertz CT molecular complexity index is 398. The summed E-state index contributed by atoms with van der Waals surface area (Å²) in [4.78, 5) is 4.96. The second-order valence-electron chi connectivity index (χ2n) is 7.65. The van der Waals surface area contributed by atoms with Crippen LogP contribution in [0.1, 0.15) is 58.3 Å². The van der Waals surface area contributed by atoms with Gasteiger partial charge in [0.15, 0.2) is 5.17 Å². The van der Waals surface area contributed by atoms with Crippen molar-refractivity contribution in [1.82, 2.24) is 5.32 Å². The SMILES string of the molecule is CC1CCCC2(CSC(=NCC3(C4CC4)CC3)N2)C1. The molecule has 19 heavy (non-hydrogen) atoms. The molecule has 4 aliphatic rings. The number of hydrogen-bond donors (Lipinski definition) is 1. The maximum Gasteiger partial charge on any atom is 0.157 e. The van der Waals surface area contributed by atoms with Gasteiger partial charge in [-0.3, -0.25) is 4.99 Å². The fourth-order valence-electron chi connectivity index (χ4n) is 4.28. The van der Waals surface area contributed by atoms with Gasteiger partial charge >= 0.3 is 0 Å². The summed E-state index contributed by atoms with van der Waals surface area (Å²) in [7, 11) is 0. The highest BCUT2D eigenvalue weighted by atomic mass is 32.2. The predicted octanol–water partition coefficient (Wildman–Crippen LogP) is 3.82. The summed E-state index contributed by atoms with van der Waals surface area (Å²) >= 11 is 1.99. The van der Waals surface area contributed by atoms with Crippen LogP contribution < -0.4 is 5.32 Å². The van der Waals surface area contributed by atoms with Crippen molar-refractivity contribution in [2.24, 2.45) is 22.2 Å². The topological polar surface area (TPSA) is 24.4 Å². The minimum atomic E-state index is 0.400. The molecule has 0 aromatic heterocycles. The molecule has 1 aliphatic heterocycles. The number of nitrogens with zero attached hydrogens (tertiary/aromatic N) is 1. The lowest BCUT2D eigenvalue weighted by atomic mass is 9.78. The third-order valence-corrected chi connectivity index (χ3v) is 7.02. The highest BCUT2D eigenvalue weighted by Gasteiger charge is 2.53. The van der Waals surface area contributed by atoms with Crippen molar-refractivity contribution in [3.8, 4) is 0 Å². The zero-order chi connectivity index (χ0) is 12.9. The Kier molecular flexibility index (Phi) is 2.91. The van der Waals surface area contributed by atoms with Gasteiger partial charge in [-0.2, -0.15) is 0 Å². The lowest BCUT2D eigenvalue weighted by molar-refractivity contribution is 0.242. The van der Waals surface area contributed by atoms with E-state index >= 15 is 0 Å². The van der Waals surface area contributed by atoms with Gasteiger partial charge in [-0.25, -0.2) is 0 Å². The first kappa shape index (κ1) is 12.6. The van der Waals surface area contributed by atoms with Crippen LogP contribution in [0.5, 0.6) is 0 Å². The molecule has 0 radical (unpaired) electrons. The number of nitrogens with one attached hydrogen (secondary N) is 1. The van der Waals surface area contributed by atoms with E-state index in [9.17, 15) is 0 Å². The molecule has 2 atom stereocenters. The molecule has 0 bridgehead atoms. The molecule has 4 rings (SSSR count). The molecule has 1 N–H and O–H groups in total. The Labute approximate surface area is 121 Å². The molecule has 2 nitrogen and oxygen atoms in total. The standard InChI is InChI=1S/C16H26N2S/c1-12-3-2-6-16(9-12)11-19-14(18-16)17-10-15(7-8-15)13-4-5-13/h12-13H,2-11H2,1H3,(H,17,18). The van der Waals surface area contributed by atoms with Crippen molar-refractivity contribution in [1.29, 1.82) is 0 Å². The van der Waals surface area contributed by atoms with Crippen molar-refractivity contribution >= 4 is 16.9 Å². The van der Waals surface area contributed by atoms with Gasteiger partial charge < -0.3 is 5.32 Å². The van der Waals surface area contributed by atoms with Gasteiger partial charge in [-0.15, -0.1) is 0 Å². The van der Waals surface area contributed by atoms with Crippen molar-refractivity contribution in [3.63, 3.8) is 0 Å². The molecular formula is C16H26N2S. The average Bonchev–Trinajstić information content (AvgIpc) is 3.26. The second kappa shape index (κ2) is 4.41. The number of amidine groups is 1. The van der Waals surface area contributed by atoms with E-state index in [1.165, 1.54) is 62.3 Å². The quantitative estimate of drug-likeness (QED) is 0.849. The van der Waals surface area contributed by atoms with Crippen LogP contribution in [0.15, 0.2) is 4.99 Å². The Balaban J connectivity index is 1.38. The molecule has 3 heteroatoms. The zero-order valence-corrected chi connectivity index (χ0v) is 12.9. The first-order chi connectivity index (χ1) is 9.20. The summed E-state index contributed by atoms with van der Waals surface area (Å²) in [6.07, 6.45) is 11.4. The third kappa shape index (κ3) is 2.43. The lowest BCUT2D eigenvalue weighted by Gasteiger charge is -2.36. The molecule has 4 fully saturated rings. The van der Waals surface area contributed by atoms with Crippen LogP contribution in [0.25, 0.3) is 0 Å². The van der Waals surface area contributed by atoms with Crippen molar-refractivity contribution in [2.75, 3.05) is 12.3 Å². The van der Waals surface area contributed by atoms with E-state index in [4.69, 9.17) is 4.99 Å². The molecule has 2 unspecified atom stereocenters. The monoisotopic (exact) mass is 278 g/mol. The number of rotatable bonds is 3. The molecule has 106 valence electrons.